The zero-order chi connectivity index (χ0) is 12.3. The first-order valence-corrected chi connectivity index (χ1v) is 6.80. The maximum absolute atomic E-state index is 12.0. The van der Waals surface area contributed by atoms with Gasteiger partial charge in [0.1, 0.15) is 6.54 Å². The predicted molar refractivity (Wildman–Crippen MR) is 66.6 cm³/mol. The summed E-state index contributed by atoms with van der Waals surface area (Å²) in [5.41, 5.74) is 5.72. The Balaban J connectivity index is 2.06. The van der Waals surface area contributed by atoms with Gasteiger partial charge in [0.25, 0.3) is 0 Å². The van der Waals surface area contributed by atoms with Crippen LogP contribution >= 0.6 is 11.8 Å². The number of nitrogens with two attached hydrogens (primary N) is 1. The summed E-state index contributed by atoms with van der Waals surface area (Å²) < 4.78 is 1.69. The van der Waals surface area contributed by atoms with E-state index in [1.807, 2.05) is 11.8 Å². The monoisotopic (exact) mass is 255 g/mol. The molecule has 17 heavy (non-hydrogen) atoms. The van der Waals surface area contributed by atoms with E-state index in [2.05, 4.69) is 10.2 Å². The normalized spacial score (nSPS) is 15.5. The number of amides is 1. The molecule has 6 nitrogen and oxygen atoms in total. The molecule has 1 aliphatic rings. The average Bonchev–Trinajstić information content (AvgIpc) is 2.93. The number of rotatable bonds is 4. The Labute approximate surface area is 105 Å². The molecule has 1 amide bonds. The number of carbonyl (C=O) groups excluding carboxylic acids is 1. The van der Waals surface area contributed by atoms with E-state index in [9.17, 15) is 4.79 Å². The Hall–Kier alpha value is -1.24. The number of likely N-dealkylation sites (tertiary alicyclic amines) is 1. The van der Waals surface area contributed by atoms with E-state index in [0.717, 1.165) is 36.8 Å². The van der Waals surface area contributed by atoms with Crippen LogP contribution in [0.1, 0.15) is 19.8 Å². The largest absolute Gasteiger partial charge is 0.368 e. The Kier molecular flexibility index (Phi) is 3.88. The Bertz CT molecular complexity index is 399. The van der Waals surface area contributed by atoms with Gasteiger partial charge < -0.3 is 10.6 Å². The minimum absolute atomic E-state index is 0.104. The second kappa shape index (κ2) is 5.39. The molecule has 1 aromatic rings. The van der Waals surface area contributed by atoms with Crippen LogP contribution in [0.4, 0.5) is 5.95 Å². The molecular formula is C10H17N5OS. The van der Waals surface area contributed by atoms with E-state index in [1.165, 1.54) is 0 Å². The van der Waals surface area contributed by atoms with Crippen molar-refractivity contribution in [2.24, 2.45) is 0 Å². The zero-order valence-corrected chi connectivity index (χ0v) is 10.7. The fraction of sp³-hybridized carbons (Fsp3) is 0.700. The van der Waals surface area contributed by atoms with E-state index in [-0.39, 0.29) is 12.5 Å². The third-order valence-corrected chi connectivity index (χ3v) is 3.62. The highest BCUT2D eigenvalue weighted by Crippen LogP contribution is 2.18. The zero-order valence-electron chi connectivity index (χ0n) is 9.93. The van der Waals surface area contributed by atoms with Crippen LogP contribution in [-0.2, 0) is 11.3 Å². The van der Waals surface area contributed by atoms with Crippen molar-refractivity contribution in [1.29, 1.82) is 0 Å². The number of carbonyl (C=O) groups is 1. The molecule has 0 saturated carbocycles. The van der Waals surface area contributed by atoms with E-state index < -0.39 is 0 Å². The number of thioether (sulfide) groups is 1. The molecule has 1 fully saturated rings. The third-order valence-electron chi connectivity index (χ3n) is 2.77. The van der Waals surface area contributed by atoms with Gasteiger partial charge in [-0.1, -0.05) is 18.7 Å². The molecule has 1 aliphatic heterocycles. The van der Waals surface area contributed by atoms with Gasteiger partial charge in [-0.15, -0.1) is 10.2 Å². The molecule has 94 valence electrons. The van der Waals surface area contributed by atoms with Crippen LogP contribution in [0.5, 0.6) is 0 Å². The fourth-order valence-electron chi connectivity index (χ4n) is 1.89. The van der Waals surface area contributed by atoms with Gasteiger partial charge in [-0.05, 0) is 18.6 Å². The Morgan fingerprint density at radius 2 is 2.12 bits per heavy atom. The first kappa shape index (κ1) is 12.2. The molecule has 0 spiro atoms. The van der Waals surface area contributed by atoms with E-state index in [4.69, 9.17) is 5.73 Å². The smallest absolute Gasteiger partial charge is 0.242 e. The second-order valence-electron chi connectivity index (χ2n) is 3.95. The maximum atomic E-state index is 12.0. The lowest BCUT2D eigenvalue weighted by Crippen LogP contribution is -2.31. The van der Waals surface area contributed by atoms with Crippen LogP contribution in [0.2, 0.25) is 0 Å². The van der Waals surface area contributed by atoms with Crippen molar-refractivity contribution in [3.05, 3.63) is 0 Å². The van der Waals surface area contributed by atoms with Crippen LogP contribution < -0.4 is 5.73 Å². The van der Waals surface area contributed by atoms with Crippen LogP contribution in [0, 0.1) is 0 Å². The summed E-state index contributed by atoms with van der Waals surface area (Å²) in [7, 11) is 0. The van der Waals surface area contributed by atoms with Crippen LogP contribution in [-0.4, -0.2) is 44.4 Å². The van der Waals surface area contributed by atoms with Gasteiger partial charge in [0, 0.05) is 13.1 Å². The Morgan fingerprint density at radius 3 is 2.76 bits per heavy atom. The second-order valence-corrected chi connectivity index (χ2v) is 5.18. The van der Waals surface area contributed by atoms with Crippen LogP contribution in [0.15, 0.2) is 5.16 Å². The van der Waals surface area contributed by atoms with Crippen molar-refractivity contribution in [1.82, 2.24) is 19.7 Å². The summed E-state index contributed by atoms with van der Waals surface area (Å²) in [5, 5.41) is 8.50. The van der Waals surface area contributed by atoms with Crippen molar-refractivity contribution in [2.75, 3.05) is 24.6 Å². The quantitative estimate of drug-likeness (QED) is 0.797. The average molecular weight is 255 g/mol. The van der Waals surface area contributed by atoms with E-state index >= 15 is 0 Å². The van der Waals surface area contributed by atoms with Crippen molar-refractivity contribution >= 4 is 23.6 Å². The topological polar surface area (TPSA) is 77.0 Å². The third kappa shape index (κ3) is 2.71. The van der Waals surface area contributed by atoms with Gasteiger partial charge in [-0.25, -0.2) is 0 Å². The van der Waals surface area contributed by atoms with Crippen molar-refractivity contribution in [3.8, 4) is 0 Å². The van der Waals surface area contributed by atoms with Gasteiger partial charge >= 0.3 is 0 Å². The van der Waals surface area contributed by atoms with Gasteiger partial charge in [0.05, 0.1) is 0 Å². The lowest BCUT2D eigenvalue weighted by molar-refractivity contribution is -0.130. The molecule has 2 heterocycles. The summed E-state index contributed by atoms with van der Waals surface area (Å²) in [6.45, 7) is 4.00. The first-order valence-electron chi connectivity index (χ1n) is 5.81. The standard InChI is InChI=1S/C10H17N5OS/c1-2-17-10-13-12-9(11)15(10)7-8(16)14-5-3-4-6-14/h2-7H2,1H3,(H2,11,12). The molecule has 2 rings (SSSR count). The van der Waals surface area contributed by atoms with E-state index in [1.54, 1.807) is 16.3 Å². The summed E-state index contributed by atoms with van der Waals surface area (Å²) >= 11 is 1.55. The number of anilines is 1. The highest BCUT2D eigenvalue weighted by Gasteiger charge is 2.20. The SMILES string of the molecule is CCSc1nnc(N)n1CC(=O)N1CCCC1. The molecule has 1 saturated heterocycles. The fourth-order valence-corrected chi connectivity index (χ4v) is 2.56. The summed E-state index contributed by atoms with van der Waals surface area (Å²) in [5.74, 6) is 1.30. The Morgan fingerprint density at radius 1 is 1.41 bits per heavy atom. The molecule has 1 aromatic heterocycles. The van der Waals surface area contributed by atoms with Crippen molar-refractivity contribution < 1.29 is 4.79 Å². The minimum Gasteiger partial charge on any atom is -0.368 e. The molecule has 0 aromatic carbocycles. The molecule has 7 heteroatoms. The van der Waals surface area contributed by atoms with Gasteiger partial charge in [0.2, 0.25) is 11.9 Å². The lowest BCUT2D eigenvalue weighted by atomic mass is 10.4. The number of nitrogens with zero attached hydrogens (tertiary/aromatic N) is 4. The number of hydrogen-bond acceptors (Lipinski definition) is 5. The molecule has 0 radical (unpaired) electrons. The van der Waals surface area contributed by atoms with Gasteiger partial charge in [-0.3, -0.25) is 9.36 Å². The van der Waals surface area contributed by atoms with Gasteiger partial charge in [-0.2, -0.15) is 0 Å². The molecule has 0 bridgehead atoms. The summed E-state index contributed by atoms with van der Waals surface area (Å²) in [6, 6.07) is 0. The van der Waals surface area contributed by atoms with Crippen LogP contribution in [0.25, 0.3) is 0 Å². The van der Waals surface area contributed by atoms with Gasteiger partial charge in [0.15, 0.2) is 5.16 Å². The molecule has 0 unspecified atom stereocenters. The van der Waals surface area contributed by atoms with Crippen LogP contribution in [0.3, 0.4) is 0 Å². The molecule has 2 N–H and O–H groups in total. The maximum Gasteiger partial charge on any atom is 0.242 e. The minimum atomic E-state index is 0.104. The number of nitrogen functional groups attached to an aromatic ring is 1. The summed E-state index contributed by atoms with van der Waals surface area (Å²) in [4.78, 5) is 13.9. The van der Waals surface area contributed by atoms with Crippen molar-refractivity contribution in [3.63, 3.8) is 0 Å². The van der Waals surface area contributed by atoms with E-state index in [0.29, 0.717) is 5.95 Å². The summed E-state index contributed by atoms with van der Waals surface area (Å²) in [6.07, 6.45) is 2.19. The van der Waals surface area contributed by atoms with Crippen molar-refractivity contribution in [2.45, 2.75) is 31.5 Å². The highest BCUT2D eigenvalue weighted by atomic mass is 32.2. The first-order chi connectivity index (χ1) is 8.22. The molecular weight excluding hydrogens is 238 g/mol. The lowest BCUT2D eigenvalue weighted by Gasteiger charge is -2.16. The molecule has 0 atom stereocenters. The number of hydrogen-bond donors (Lipinski definition) is 1. The predicted octanol–water partition coefficient (Wildman–Crippen LogP) is 0.595. The number of aromatic nitrogens is 3. The molecule has 0 aliphatic carbocycles. The highest BCUT2D eigenvalue weighted by molar-refractivity contribution is 7.99.